The highest BCUT2D eigenvalue weighted by atomic mass is 35.5. The molecule has 0 bridgehead atoms. The first-order valence-electron chi connectivity index (χ1n) is 7.66. The van der Waals surface area contributed by atoms with Crippen LogP contribution in [0, 0.1) is 5.92 Å². The van der Waals surface area contributed by atoms with Gasteiger partial charge in [0, 0.05) is 5.69 Å². The Bertz CT molecular complexity index is 705. The number of hydrogen-bond donors (Lipinski definition) is 2. The van der Waals surface area contributed by atoms with Gasteiger partial charge in [-0.25, -0.2) is 0 Å². The maximum atomic E-state index is 12.1. The predicted octanol–water partition coefficient (Wildman–Crippen LogP) is 5.08. The first-order valence-corrected chi connectivity index (χ1v) is 8.42. The lowest BCUT2D eigenvalue weighted by molar-refractivity contribution is -0.114. The lowest BCUT2D eigenvalue weighted by Crippen LogP contribution is -2.22. The molecule has 128 valence electrons. The molecule has 0 aliphatic carbocycles. The number of carbonyl (C=O) groups excluding carboxylic acids is 1. The molecule has 0 aliphatic rings. The summed E-state index contributed by atoms with van der Waals surface area (Å²) in [7, 11) is 0. The van der Waals surface area contributed by atoms with Gasteiger partial charge in [0.15, 0.2) is 0 Å². The lowest BCUT2D eigenvalue weighted by atomic mass is 10.2. The minimum atomic E-state index is -0.188. The summed E-state index contributed by atoms with van der Waals surface area (Å²) >= 11 is 11.8. The summed E-state index contributed by atoms with van der Waals surface area (Å²) < 4.78 is 5.75. The molecule has 2 rings (SSSR count). The molecule has 0 spiro atoms. The van der Waals surface area contributed by atoms with Gasteiger partial charge in [0.2, 0.25) is 5.91 Å². The van der Waals surface area contributed by atoms with E-state index >= 15 is 0 Å². The van der Waals surface area contributed by atoms with E-state index in [1.807, 2.05) is 24.3 Å². The van der Waals surface area contributed by atoms with Crippen LogP contribution in [0.3, 0.4) is 0 Å². The molecule has 4 nitrogen and oxygen atoms in total. The molecule has 0 saturated heterocycles. The van der Waals surface area contributed by atoms with Gasteiger partial charge in [-0.3, -0.25) is 4.79 Å². The van der Waals surface area contributed by atoms with Gasteiger partial charge in [-0.15, -0.1) is 0 Å². The van der Waals surface area contributed by atoms with Gasteiger partial charge in [0.1, 0.15) is 5.75 Å². The minimum Gasteiger partial charge on any atom is -0.491 e. The van der Waals surface area contributed by atoms with Crippen molar-refractivity contribution in [3.05, 3.63) is 52.5 Å². The van der Waals surface area contributed by atoms with E-state index in [0.717, 1.165) is 11.4 Å². The van der Waals surface area contributed by atoms with Gasteiger partial charge in [0.05, 0.1) is 28.9 Å². The highest BCUT2D eigenvalue weighted by molar-refractivity contribution is 6.42. The summed E-state index contributed by atoms with van der Waals surface area (Å²) in [6.45, 7) is 4.90. The molecule has 0 heterocycles. The van der Waals surface area contributed by atoms with E-state index in [1.54, 1.807) is 18.2 Å². The number of hydrogen-bond acceptors (Lipinski definition) is 3. The van der Waals surface area contributed by atoms with Crippen molar-refractivity contribution in [2.75, 3.05) is 23.8 Å². The van der Waals surface area contributed by atoms with Gasteiger partial charge < -0.3 is 15.4 Å². The Hall–Kier alpha value is -1.91. The molecular formula is C18H20Cl2N2O2. The maximum absolute atomic E-state index is 12.1. The first kappa shape index (κ1) is 18.4. The van der Waals surface area contributed by atoms with E-state index in [9.17, 15) is 4.79 Å². The monoisotopic (exact) mass is 366 g/mol. The quantitative estimate of drug-likeness (QED) is 0.718. The van der Waals surface area contributed by atoms with Crippen LogP contribution in [-0.4, -0.2) is 19.1 Å². The standard InChI is InChI=1S/C18H20Cl2N2O2/c1-12(2)11-24-17-6-4-3-5-16(17)21-10-18(23)22-13-7-8-14(19)15(20)9-13/h3-9,12,21H,10-11H2,1-2H3,(H,22,23). The van der Waals surface area contributed by atoms with Crippen LogP contribution < -0.4 is 15.4 Å². The van der Waals surface area contributed by atoms with Crippen molar-refractivity contribution in [2.24, 2.45) is 5.92 Å². The third kappa shape index (κ3) is 5.62. The van der Waals surface area contributed by atoms with E-state index in [0.29, 0.717) is 28.3 Å². The third-order valence-electron chi connectivity index (χ3n) is 3.10. The average molecular weight is 367 g/mol. The van der Waals surface area contributed by atoms with Crippen molar-refractivity contribution in [3.8, 4) is 5.75 Å². The Labute approximate surface area is 152 Å². The first-order chi connectivity index (χ1) is 11.5. The Morgan fingerprint density at radius 1 is 1.12 bits per heavy atom. The lowest BCUT2D eigenvalue weighted by Gasteiger charge is -2.14. The fourth-order valence-electron chi connectivity index (χ4n) is 1.95. The van der Waals surface area contributed by atoms with Crippen molar-refractivity contribution in [2.45, 2.75) is 13.8 Å². The molecule has 0 atom stereocenters. The molecule has 0 fully saturated rings. The largest absolute Gasteiger partial charge is 0.491 e. The number of benzene rings is 2. The molecule has 0 aromatic heterocycles. The van der Waals surface area contributed by atoms with E-state index in [1.165, 1.54) is 0 Å². The number of rotatable bonds is 7. The summed E-state index contributed by atoms with van der Waals surface area (Å²) in [6.07, 6.45) is 0. The number of halogens is 2. The molecule has 2 N–H and O–H groups in total. The second-order valence-corrected chi connectivity index (χ2v) is 6.55. The summed E-state index contributed by atoms with van der Waals surface area (Å²) in [4.78, 5) is 12.1. The molecule has 0 aliphatic heterocycles. The minimum absolute atomic E-state index is 0.113. The number of amides is 1. The number of carbonyl (C=O) groups is 1. The Morgan fingerprint density at radius 3 is 2.58 bits per heavy atom. The molecule has 0 unspecified atom stereocenters. The third-order valence-corrected chi connectivity index (χ3v) is 3.84. The van der Waals surface area contributed by atoms with E-state index in [-0.39, 0.29) is 12.5 Å². The molecular weight excluding hydrogens is 347 g/mol. The fourth-order valence-corrected chi connectivity index (χ4v) is 2.25. The summed E-state index contributed by atoms with van der Waals surface area (Å²) in [6, 6.07) is 12.5. The van der Waals surface area contributed by atoms with Crippen molar-refractivity contribution in [1.82, 2.24) is 0 Å². The second-order valence-electron chi connectivity index (χ2n) is 5.73. The highest BCUT2D eigenvalue weighted by Gasteiger charge is 2.08. The van der Waals surface area contributed by atoms with Crippen LogP contribution in [0.5, 0.6) is 5.75 Å². The Morgan fingerprint density at radius 2 is 1.88 bits per heavy atom. The Kier molecular flexibility index (Phi) is 6.76. The summed E-state index contributed by atoms with van der Waals surface area (Å²) in [5.41, 5.74) is 1.38. The zero-order chi connectivity index (χ0) is 17.5. The van der Waals surface area contributed by atoms with Crippen LogP contribution >= 0.6 is 23.2 Å². The number of nitrogens with one attached hydrogen (secondary N) is 2. The van der Waals surface area contributed by atoms with Crippen LogP contribution in [0.1, 0.15) is 13.8 Å². The number of para-hydroxylation sites is 2. The topological polar surface area (TPSA) is 50.4 Å². The number of anilines is 2. The van der Waals surface area contributed by atoms with Crippen LogP contribution in [0.4, 0.5) is 11.4 Å². The zero-order valence-electron chi connectivity index (χ0n) is 13.6. The van der Waals surface area contributed by atoms with Gasteiger partial charge >= 0.3 is 0 Å². The van der Waals surface area contributed by atoms with E-state index in [2.05, 4.69) is 24.5 Å². The smallest absolute Gasteiger partial charge is 0.243 e. The van der Waals surface area contributed by atoms with Gasteiger partial charge in [-0.05, 0) is 36.2 Å². The Balaban J connectivity index is 1.92. The van der Waals surface area contributed by atoms with Crippen LogP contribution in [0.15, 0.2) is 42.5 Å². The predicted molar refractivity (Wildman–Crippen MR) is 100 cm³/mol. The van der Waals surface area contributed by atoms with Crippen LogP contribution in [-0.2, 0) is 4.79 Å². The van der Waals surface area contributed by atoms with Crippen molar-refractivity contribution < 1.29 is 9.53 Å². The molecule has 6 heteroatoms. The molecule has 2 aromatic carbocycles. The van der Waals surface area contributed by atoms with Crippen LogP contribution in [0.25, 0.3) is 0 Å². The number of ether oxygens (including phenoxy) is 1. The van der Waals surface area contributed by atoms with Gasteiger partial charge in [-0.1, -0.05) is 49.2 Å². The molecule has 24 heavy (non-hydrogen) atoms. The molecule has 1 amide bonds. The highest BCUT2D eigenvalue weighted by Crippen LogP contribution is 2.26. The van der Waals surface area contributed by atoms with Crippen molar-refractivity contribution >= 4 is 40.5 Å². The van der Waals surface area contributed by atoms with Gasteiger partial charge in [0.25, 0.3) is 0 Å². The molecule has 0 saturated carbocycles. The van der Waals surface area contributed by atoms with Crippen LogP contribution in [0.2, 0.25) is 10.0 Å². The normalized spacial score (nSPS) is 10.5. The SMILES string of the molecule is CC(C)COc1ccccc1NCC(=O)Nc1ccc(Cl)c(Cl)c1. The van der Waals surface area contributed by atoms with Crippen molar-refractivity contribution in [3.63, 3.8) is 0 Å². The average Bonchev–Trinajstić information content (AvgIpc) is 2.55. The van der Waals surface area contributed by atoms with E-state index in [4.69, 9.17) is 27.9 Å². The van der Waals surface area contributed by atoms with Crippen molar-refractivity contribution in [1.29, 1.82) is 0 Å². The fraction of sp³-hybridized carbons (Fsp3) is 0.278. The summed E-state index contributed by atoms with van der Waals surface area (Å²) in [5.74, 6) is 0.969. The summed E-state index contributed by atoms with van der Waals surface area (Å²) in [5, 5.41) is 6.70. The van der Waals surface area contributed by atoms with Gasteiger partial charge in [-0.2, -0.15) is 0 Å². The zero-order valence-corrected chi connectivity index (χ0v) is 15.1. The van der Waals surface area contributed by atoms with E-state index < -0.39 is 0 Å². The maximum Gasteiger partial charge on any atom is 0.243 e. The second kappa shape index (κ2) is 8.81. The molecule has 0 radical (unpaired) electrons. The molecule has 2 aromatic rings.